The van der Waals surface area contributed by atoms with Gasteiger partial charge >= 0.3 is 21.7 Å². The summed E-state index contributed by atoms with van der Waals surface area (Å²) in [6.45, 7) is 13.1. The third kappa shape index (κ3) is 65.9. The van der Waals surface area contributed by atoms with Crippen molar-refractivity contribution < 1.29 is 146 Å². The minimum Gasteiger partial charge on any atom is -0.854 e. The molecule has 0 aliphatic rings. The molecule has 8 N–H and O–H groups in total. The van der Waals surface area contributed by atoms with Gasteiger partial charge in [0.1, 0.15) is 0 Å². The van der Waals surface area contributed by atoms with E-state index in [0.29, 0.717) is 17.8 Å². The van der Waals surface area contributed by atoms with Crippen LogP contribution in [0.1, 0.15) is 119 Å². The fraction of sp³-hybridized carbons (Fsp3) is 1.00. The van der Waals surface area contributed by atoms with E-state index in [9.17, 15) is 15.3 Å². The first-order valence-corrected chi connectivity index (χ1v) is 11.8. The Morgan fingerprint density at radius 1 is 0.417 bits per heavy atom. The summed E-state index contributed by atoms with van der Waals surface area (Å²) in [5.74, 6) is 1.35. The molecule has 217 valence electrons. The van der Waals surface area contributed by atoms with Crippen LogP contribution in [0.3, 0.4) is 0 Å². The van der Waals surface area contributed by atoms with Crippen molar-refractivity contribution >= 4 is 0 Å². The topological polar surface area (TPSA) is 195 Å². The van der Waals surface area contributed by atoms with Crippen molar-refractivity contribution in [2.75, 3.05) is 19.8 Å². The zero-order valence-electron chi connectivity index (χ0n) is 24.1. The van der Waals surface area contributed by atoms with Gasteiger partial charge in [0.25, 0.3) is 0 Å². The second kappa shape index (κ2) is 71.5. The molecule has 1 radical (unpaired) electrons. The molecule has 0 saturated carbocycles. The molecule has 0 fully saturated rings. The molecule has 0 bridgehead atoms. The van der Waals surface area contributed by atoms with E-state index in [-0.39, 0.29) is 150 Å². The van der Waals surface area contributed by atoms with Gasteiger partial charge in [-0.25, -0.2) is 0 Å². The van der Waals surface area contributed by atoms with Crippen LogP contribution in [0.2, 0.25) is 0 Å². The van der Waals surface area contributed by atoms with Gasteiger partial charge in [0, 0.05) is 86.9 Å². The van der Waals surface area contributed by atoms with Gasteiger partial charge in [-0.05, 0) is 0 Å². The van der Waals surface area contributed by atoms with Gasteiger partial charge in [-0.1, -0.05) is 136 Å². The zero-order valence-corrected chi connectivity index (χ0v) is 31.9. The van der Waals surface area contributed by atoms with E-state index < -0.39 is 0 Å². The average Bonchev–Trinajstić information content (AvgIpc) is 2.71. The van der Waals surface area contributed by atoms with Gasteiger partial charge in [-0.3, -0.25) is 0 Å². The first kappa shape index (κ1) is 77.3. The summed E-state index contributed by atoms with van der Waals surface area (Å²) in [5.41, 5.74) is 0. The minimum atomic E-state index is 0. The quantitative estimate of drug-likeness (QED) is 0.234. The van der Waals surface area contributed by atoms with Gasteiger partial charge < -0.3 is 37.2 Å². The second-order valence-corrected chi connectivity index (χ2v) is 7.75. The molecule has 0 aromatic heterocycles. The molecular weight excluding hydrogens is 640 g/mol. The van der Waals surface area contributed by atoms with E-state index in [2.05, 4.69) is 41.5 Å². The maximum atomic E-state index is 10.4. The predicted molar refractivity (Wildman–Crippen MR) is 129 cm³/mol. The summed E-state index contributed by atoms with van der Waals surface area (Å²) in [6, 6.07) is 0. The molecule has 0 heterocycles. The van der Waals surface area contributed by atoms with Crippen LogP contribution in [-0.2, 0) is 109 Å². The molecule has 0 rings (SSSR count). The van der Waals surface area contributed by atoms with Gasteiger partial charge in [0.2, 0.25) is 0 Å². The average molecular weight is 699 g/mol. The van der Waals surface area contributed by atoms with Crippen LogP contribution >= 0.6 is 0 Å². The van der Waals surface area contributed by atoms with E-state index in [1.807, 2.05) is 0 Å². The zero-order chi connectivity index (χ0) is 21.3. The van der Waals surface area contributed by atoms with Crippen molar-refractivity contribution in [1.82, 2.24) is 0 Å². The molecule has 0 saturated heterocycles. The molecule has 0 aromatic rings. The van der Waals surface area contributed by atoms with E-state index in [1.54, 1.807) is 0 Å². The molecule has 0 aromatic carbocycles. The van der Waals surface area contributed by atoms with Crippen LogP contribution < -0.4 is 15.3 Å². The van der Waals surface area contributed by atoms with Crippen LogP contribution in [0.15, 0.2) is 0 Å². The van der Waals surface area contributed by atoms with E-state index >= 15 is 0 Å². The third-order valence-corrected chi connectivity index (χ3v) is 5.34. The molecule has 0 amide bonds. The van der Waals surface area contributed by atoms with Crippen LogP contribution in [-0.4, -0.2) is 41.7 Å². The van der Waals surface area contributed by atoms with Crippen molar-refractivity contribution in [2.24, 2.45) is 17.8 Å². The van der Waals surface area contributed by atoms with E-state index in [4.69, 9.17) is 0 Å². The first-order valence-electron chi connectivity index (χ1n) is 11.8. The van der Waals surface area contributed by atoms with Crippen molar-refractivity contribution in [1.29, 1.82) is 0 Å². The van der Waals surface area contributed by atoms with E-state index in [0.717, 1.165) is 38.5 Å². The number of hydrogen-bond donors (Lipinski definition) is 0. The van der Waals surface area contributed by atoms with Gasteiger partial charge in [0.15, 0.2) is 0 Å². The number of unbranched alkanes of at least 4 members (excludes halogenated alkanes) is 3. The first-order chi connectivity index (χ1) is 13.0. The standard InChI is InChI=1S/3C8H17O.4H2O.5Ti/c3*1-3-5-6-8(4-2)7-9;;;;;;;;;/h3*8H,3-7H2,1-2H3;4*1H2;;;;;/q3*-1;;;;;;;;;+3. The Labute approximate surface area is 298 Å². The Hall–Kier alpha value is 3.29. The van der Waals surface area contributed by atoms with Crippen molar-refractivity contribution in [3.63, 3.8) is 0 Å². The Morgan fingerprint density at radius 3 is 0.667 bits per heavy atom. The Bertz CT molecular complexity index is 215. The van der Waals surface area contributed by atoms with Crippen molar-refractivity contribution in [3.8, 4) is 0 Å². The summed E-state index contributed by atoms with van der Waals surface area (Å²) in [6.07, 6.45) is 13.9. The summed E-state index contributed by atoms with van der Waals surface area (Å²) >= 11 is 0. The minimum absolute atomic E-state index is 0. The fourth-order valence-electron chi connectivity index (χ4n) is 2.69. The van der Waals surface area contributed by atoms with Gasteiger partial charge in [-0.15, -0.1) is 19.8 Å². The van der Waals surface area contributed by atoms with Crippen molar-refractivity contribution in [2.45, 2.75) is 119 Å². The summed E-state index contributed by atoms with van der Waals surface area (Å²) in [5, 5.41) is 31.1. The monoisotopic (exact) mass is 699 g/mol. The molecule has 36 heavy (non-hydrogen) atoms. The summed E-state index contributed by atoms with van der Waals surface area (Å²) in [7, 11) is 0. The predicted octanol–water partition coefficient (Wildman–Crippen LogP) is 1.38. The van der Waals surface area contributed by atoms with Crippen LogP contribution in [0.4, 0.5) is 0 Å². The molecule has 0 aliphatic carbocycles. The van der Waals surface area contributed by atoms with Crippen LogP contribution in [0.25, 0.3) is 0 Å². The van der Waals surface area contributed by atoms with Crippen LogP contribution in [0.5, 0.6) is 0 Å². The van der Waals surface area contributed by atoms with E-state index in [1.165, 1.54) is 38.5 Å². The Balaban J connectivity index is -0.0000000213. The molecule has 0 aliphatic heterocycles. The maximum Gasteiger partial charge on any atom is 3.00 e. The smallest absolute Gasteiger partial charge is 0.854 e. The van der Waals surface area contributed by atoms with Crippen molar-refractivity contribution in [3.05, 3.63) is 0 Å². The maximum absolute atomic E-state index is 10.4. The van der Waals surface area contributed by atoms with Gasteiger partial charge in [0.05, 0.1) is 0 Å². The molecular formula is C24H59O7Ti5. The number of rotatable bonds is 15. The molecule has 3 atom stereocenters. The Kier molecular flexibility index (Phi) is 154. The molecule has 3 unspecified atom stereocenters. The summed E-state index contributed by atoms with van der Waals surface area (Å²) < 4.78 is 0. The Morgan fingerprint density at radius 2 is 0.583 bits per heavy atom. The third-order valence-electron chi connectivity index (χ3n) is 5.34. The SMILES string of the molecule is CCCCC(CC)C[O-].CCCCC(CC)C[O-].CCCCC(CC)C[O-].O.O.O.O.[Ti+3].[Ti].[Ti].[Ti].[Ti]. The normalized spacial score (nSPS) is 10.2. The largest absolute Gasteiger partial charge is 3.00 e. The summed E-state index contributed by atoms with van der Waals surface area (Å²) in [4.78, 5) is 0. The molecule has 7 nitrogen and oxygen atoms in total. The fourth-order valence-corrected chi connectivity index (χ4v) is 2.69. The second-order valence-electron chi connectivity index (χ2n) is 7.75. The van der Waals surface area contributed by atoms with Crippen LogP contribution in [0, 0.1) is 17.8 Å². The number of hydrogen-bond acceptors (Lipinski definition) is 3. The molecule has 0 spiro atoms. The molecule has 12 heteroatoms. The van der Waals surface area contributed by atoms with Gasteiger partial charge in [-0.2, -0.15) is 0 Å².